The number of nitrogen functional groups attached to an aromatic ring is 3. The van der Waals surface area contributed by atoms with Gasteiger partial charge in [-0.3, -0.25) is 91.5 Å². The minimum absolute atomic E-state index is 0.000380. The normalized spacial score (nSPS) is 38.3. The number of aliphatic hydroxyl groups is 1. The topological polar surface area (TPSA) is 734 Å². The van der Waals surface area contributed by atoms with Crippen molar-refractivity contribution in [3.05, 3.63) is 125 Å². The number of phosphoric acid groups is 4. The van der Waals surface area contributed by atoms with E-state index >= 15 is 22.0 Å². The van der Waals surface area contributed by atoms with Gasteiger partial charge in [0, 0.05) is 18.6 Å². The van der Waals surface area contributed by atoms with E-state index in [9.17, 15) is 66.8 Å². The van der Waals surface area contributed by atoms with Crippen molar-refractivity contribution in [2.45, 2.75) is 148 Å². The molecule has 9 saturated heterocycles. The Bertz CT molecular complexity index is 6680. The van der Waals surface area contributed by atoms with Crippen LogP contribution in [0.15, 0.2) is 108 Å². The third kappa shape index (κ3) is 17.6. The van der Waals surface area contributed by atoms with E-state index in [0.717, 1.165) is 56.2 Å². The molecule has 9 aliphatic rings. The first-order valence-electron chi connectivity index (χ1n) is 38.4. The maximum Gasteiger partial charge on any atom is 0.472 e. The number of nitrogens with one attached hydrogen (secondary N) is 3. The second-order valence-electron chi connectivity index (χ2n) is 29.9. The van der Waals surface area contributed by atoms with Crippen molar-refractivity contribution in [3.63, 3.8) is 0 Å². The van der Waals surface area contributed by atoms with Crippen LogP contribution in [0.3, 0.4) is 0 Å². The van der Waals surface area contributed by atoms with Crippen molar-refractivity contribution < 1.29 is 157 Å². The number of nitrogens with two attached hydrogens (primary N) is 3. The van der Waals surface area contributed by atoms with Crippen LogP contribution in [0.1, 0.15) is 37.4 Å². The summed E-state index contributed by atoms with van der Waals surface area (Å²) in [6.07, 6.45) is -26.7. The molecule has 132 heavy (non-hydrogen) atoms. The van der Waals surface area contributed by atoms with Gasteiger partial charge in [0.1, 0.15) is 95.9 Å². The number of thiol groups is 1. The van der Waals surface area contributed by atoms with Gasteiger partial charge in [-0.2, -0.15) is 0 Å². The summed E-state index contributed by atoms with van der Waals surface area (Å²) in [7, 11) is -20.5. The van der Waals surface area contributed by atoms with Crippen LogP contribution in [0.4, 0.5) is 39.0 Å². The lowest BCUT2D eigenvalue weighted by molar-refractivity contribution is -0.0671. The van der Waals surface area contributed by atoms with Crippen molar-refractivity contribution in [1.29, 1.82) is 0 Å². The van der Waals surface area contributed by atoms with E-state index in [1.165, 1.54) is 64.9 Å². The highest BCUT2D eigenvalue weighted by molar-refractivity contribution is 8.44. The van der Waals surface area contributed by atoms with E-state index in [0.29, 0.717) is 11.2 Å². The smallest absolute Gasteiger partial charge is 0.397 e. The van der Waals surface area contributed by atoms with Gasteiger partial charge in [-0.1, -0.05) is 12.2 Å². The van der Waals surface area contributed by atoms with Crippen LogP contribution in [0.25, 0.3) is 67.0 Å². The molecule has 21 rings (SSSR count). The van der Waals surface area contributed by atoms with Gasteiger partial charge in [-0.25, -0.2) is 105 Å². The molecular weight excluding hydrogens is 1950 g/mol. The van der Waals surface area contributed by atoms with Crippen molar-refractivity contribution in [2.24, 2.45) is 0 Å². The van der Waals surface area contributed by atoms with Crippen molar-refractivity contribution in [2.75, 3.05) is 56.8 Å². The van der Waals surface area contributed by atoms with E-state index in [1.807, 2.05) is 0 Å². The Kier molecular flexibility index (Phi) is 24.7. The Labute approximate surface area is 738 Å². The molecular formula is C63H67F5N24O32P6S2. The number of anilines is 3. The molecule has 19 unspecified atom stereocenters. The number of imidazole rings is 6. The number of alkyl halides is 5. The molecule has 21 heterocycles. The number of nitrogens with zero attached hydrogens (tertiary/aromatic N) is 18. The summed E-state index contributed by atoms with van der Waals surface area (Å²) in [4.78, 5) is 145. The average Bonchev–Trinajstić information content (AvgIpc) is 1.62. The molecule has 0 aromatic carbocycles. The number of hydrogen-bond acceptors (Lipinski definition) is 43. The number of hydrogen-bond donors (Lipinski definition) is 13. The van der Waals surface area contributed by atoms with Gasteiger partial charge >= 0.3 is 44.8 Å². The van der Waals surface area contributed by atoms with E-state index in [1.54, 1.807) is 0 Å². The molecule has 30 atom stereocenters. The number of ether oxygens (including phenoxy) is 6. The number of halogens is 5. The molecule has 69 heteroatoms. The molecule has 708 valence electrons. The van der Waals surface area contributed by atoms with Gasteiger partial charge < -0.3 is 94.7 Å². The maximum absolute atomic E-state index is 16.0. The Balaban J connectivity index is 0.000000128. The van der Waals surface area contributed by atoms with E-state index < -0.39 is 249 Å². The molecule has 0 saturated carbocycles. The number of phosphoric ester groups is 4. The molecule has 12 aromatic heterocycles. The molecule has 12 aromatic rings. The molecule has 9 fully saturated rings. The zero-order valence-corrected chi connectivity index (χ0v) is 72.8. The molecule has 9 aliphatic heterocycles. The highest BCUT2D eigenvalue weighted by atomic mass is 32.7. The SMILES string of the molecule is Nc1ccnc2c1ncn2C1OC2COP(=O)(O)O[C@@H]3C(COP(=O)(O)OC1[C@@H]2O)OC(n1cnc2c(=O)[nH]cnc21)[C@@H]3F.Nc1ccnc2c1ncn2C1OC2COP(=O)(O)O[C@@H]3C(COP(=O)(O)O[C@H]2[C@H]1F)OC(n1cnc2c(=O)[nH]cnc21)[C@@H]3F.Nc1ccnc2c1ncn2C1OC2COP(O)(=S)O[C@@H]3C(COP(=O)(S)O[C@H]2[C@H]1F)OC(n1cnc2c(=O)[nH]cnc21)[C@@H]3F. The first-order chi connectivity index (χ1) is 62.8. The number of H-pyrrole nitrogens is 3. The summed E-state index contributed by atoms with van der Waals surface area (Å²) in [5, 5.41) is 11.0. The number of aromatic nitrogens is 21. The fraction of sp³-hybridized carbons (Fsp3) is 0.476. The molecule has 0 aliphatic carbocycles. The lowest BCUT2D eigenvalue weighted by Gasteiger charge is -2.29. The fourth-order valence-electron chi connectivity index (χ4n) is 15.8. The number of aliphatic hydroxyl groups excluding tert-OH is 1. The molecule has 56 nitrogen and oxygen atoms in total. The van der Waals surface area contributed by atoms with Gasteiger partial charge in [-0.05, 0) is 30.0 Å². The third-order valence-corrected chi connectivity index (χ3v) is 28.9. The predicted molar refractivity (Wildman–Crippen MR) is 432 cm³/mol. The largest absolute Gasteiger partial charge is 0.472 e. The van der Waals surface area contributed by atoms with E-state index in [4.69, 9.17) is 112 Å². The maximum atomic E-state index is 16.0. The number of aromatic amines is 3. The van der Waals surface area contributed by atoms with Gasteiger partial charge in [0.2, 0.25) is 0 Å². The third-order valence-electron chi connectivity index (χ3n) is 21.8. The van der Waals surface area contributed by atoms with Gasteiger partial charge in [0.25, 0.3) is 16.7 Å². The Hall–Kier alpha value is -8.85. The summed E-state index contributed by atoms with van der Waals surface area (Å²) in [6.45, 7) is -13.5. The second-order valence-corrected chi connectivity index (χ2v) is 41.2. The quantitative estimate of drug-likeness (QED) is 0.0643. The minimum atomic E-state index is -5.14. The summed E-state index contributed by atoms with van der Waals surface area (Å²) < 4.78 is 249. The average molecular weight is 2020 g/mol. The minimum Gasteiger partial charge on any atom is -0.397 e. The van der Waals surface area contributed by atoms with Gasteiger partial charge in [0.05, 0.1) is 114 Å². The van der Waals surface area contributed by atoms with Crippen LogP contribution in [-0.2, 0) is 117 Å². The Morgan fingerprint density at radius 3 is 0.924 bits per heavy atom. The highest BCUT2D eigenvalue weighted by Crippen LogP contribution is 2.61. The monoisotopic (exact) mass is 2020 g/mol. The summed E-state index contributed by atoms with van der Waals surface area (Å²) >= 11 is 9.13. The molecule has 15 N–H and O–H groups in total. The number of rotatable bonds is 6. The number of pyridine rings is 3. The van der Waals surface area contributed by atoms with Crippen molar-refractivity contribution in [1.82, 2.24) is 102 Å². The van der Waals surface area contributed by atoms with Crippen LogP contribution < -0.4 is 33.9 Å². The highest BCUT2D eigenvalue weighted by Gasteiger charge is 2.60. The summed E-state index contributed by atoms with van der Waals surface area (Å²) in [6, 6.07) is 4.49. The van der Waals surface area contributed by atoms with Crippen LogP contribution in [0.2, 0.25) is 0 Å². The molecule has 0 amide bonds. The first kappa shape index (κ1) is 92.2. The Morgan fingerprint density at radius 2 is 0.598 bits per heavy atom. The summed E-state index contributed by atoms with van der Waals surface area (Å²) in [5.41, 5.74) is 17.5. The van der Waals surface area contributed by atoms with Crippen LogP contribution in [0, 0.1) is 0 Å². The van der Waals surface area contributed by atoms with Gasteiger partial charge in [0.15, 0.2) is 119 Å². The number of fused-ring (bicyclic) bond motifs is 13. The Morgan fingerprint density at radius 1 is 0.348 bits per heavy atom. The predicted octanol–water partition coefficient (Wildman–Crippen LogP) is 1.98. The second kappa shape index (κ2) is 35.4. The lowest BCUT2D eigenvalue weighted by Crippen LogP contribution is -2.37. The van der Waals surface area contributed by atoms with Crippen molar-refractivity contribution >= 4 is 153 Å². The standard InChI is InChI=1S/C21H22F2N8O11P2.C21H22F2N8O9P2S2.C21H23FN8O12P2/c22-11-15-9(39-20(11)30-6-28-13-8(24)1-2-25-17(13)30)3-37-44(35,36)42-16-10(4-38-43(33,34)41-15)40-21(12(16)23)31-7-29-14-18(31)26-5-27-19(14)32;22-11-15-9(37-20(11)30-6-28-13-8(24)1-2-25-17(13)30)3-35-42(34,44)40-16-10(4-36-41(33,43)39-15)38-21(12(16)23)31-7-29-14-18(31)26-5-27-19(14)32;22-11-15-10(40-20(11)29-7-28-13-18(29)25-5-26-19(13)32)4-38-44(35,36)42-16-14(31)9(3-37-43(33,34)41-15)39-21(16)30-6-27-12-8(23)1-2-24-17(12)30/h1-2,5-7,9-12,15-16,20-21H,3-4H2,(H2,24,25)(H,33,34)(H,35,36)(H,26,27,32);1-2,5-7,9-12,15-16,20-21H,3-4H2,(H2,24,25)(H,33,43)(H,34,44)(H,26,27,32);1-2,5-7,9-11,14-16,20-21,31H,3-4H2,(H2,23,24)(H,33,34)(H,35,36)(H,25,26,32)/t9?,10?,11-,12-,15-,16-,20?,21?;9?,10?,11-,12-,15-,16-,20?,21?,41?,42?;9?,10?,11-,14-,15-,16?,20?,21?/m111/s1. The lowest BCUT2D eigenvalue weighted by atomic mass is 10.1. The summed E-state index contributed by atoms with van der Waals surface area (Å²) in [5.74, 6) is 0. The fourth-order valence-corrected chi connectivity index (χ4v) is 22.5. The van der Waals surface area contributed by atoms with Crippen molar-refractivity contribution in [3.8, 4) is 0 Å². The van der Waals surface area contributed by atoms with E-state index in [2.05, 4.69) is 87.0 Å². The van der Waals surface area contributed by atoms with Gasteiger partial charge in [-0.15, -0.1) is 0 Å². The van der Waals surface area contributed by atoms with Crippen LogP contribution >= 0.6 is 57.1 Å². The first-order valence-corrected chi connectivity index (χ1v) is 49.7. The van der Waals surface area contributed by atoms with Crippen LogP contribution in [0.5, 0.6) is 0 Å². The van der Waals surface area contributed by atoms with Crippen LogP contribution in [-0.4, -0.2) is 282 Å². The molecule has 0 spiro atoms. The zero-order chi connectivity index (χ0) is 92.9. The van der Waals surface area contributed by atoms with E-state index in [-0.39, 0.29) is 72.8 Å². The molecule has 2 bridgehead atoms. The molecule has 0 radical (unpaired) electrons. The zero-order valence-electron chi connectivity index (χ0n) is 65.8.